The molecule has 1 N–H and O–H groups in total. The SMILES string of the molecule is Cc1cc(-c2ccc3nc[nH]c(=O)c3c2)ccn1. The maximum atomic E-state index is 11.7. The molecule has 0 fully saturated rings. The van der Waals surface area contributed by atoms with Gasteiger partial charge in [0.05, 0.1) is 17.2 Å². The predicted octanol–water partition coefficient (Wildman–Crippen LogP) is 2.29. The second-order valence-corrected chi connectivity index (χ2v) is 4.15. The number of H-pyrrole nitrogens is 1. The summed E-state index contributed by atoms with van der Waals surface area (Å²) in [4.78, 5) is 22.6. The molecule has 88 valence electrons. The fraction of sp³-hybridized carbons (Fsp3) is 0.0714. The maximum absolute atomic E-state index is 11.7. The summed E-state index contributed by atoms with van der Waals surface area (Å²) in [7, 11) is 0. The van der Waals surface area contributed by atoms with Crippen molar-refractivity contribution in [3.63, 3.8) is 0 Å². The monoisotopic (exact) mass is 237 g/mol. The first-order chi connectivity index (χ1) is 8.74. The molecule has 2 aromatic heterocycles. The molecule has 0 amide bonds. The van der Waals surface area contributed by atoms with E-state index >= 15 is 0 Å². The van der Waals surface area contributed by atoms with Crippen LogP contribution in [0.25, 0.3) is 22.0 Å². The van der Waals surface area contributed by atoms with Crippen LogP contribution in [0.4, 0.5) is 0 Å². The van der Waals surface area contributed by atoms with Crippen molar-refractivity contribution in [2.45, 2.75) is 6.92 Å². The van der Waals surface area contributed by atoms with Crippen molar-refractivity contribution in [2.24, 2.45) is 0 Å². The first-order valence-electron chi connectivity index (χ1n) is 5.64. The Hall–Kier alpha value is -2.49. The summed E-state index contributed by atoms with van der Waals surface area (Å²) in [6.07, 6.45) is 3.18. The fourth-order valence-corrected chi connectivity index (χ4v) is 1.97. The quantitative estimate of drug-likeness (QED) is 0.706. The lowest BCUT2D eigenvalue weighted by Crippen LogP contribution is -2.05. The molecule has 1 aromatic carbocycles. The first kappa shape index (κ1) is 10.7. The fourth-order valence-electron chi connectivity index (χ4n) is 1.97. The predicted molar refractivity (Wildman–Crippen MR) is 70.3 cm³/mol. The molecule has 0 aliphatic carbocycles. The molecule has 3 rings (SSSR count). The van der Waals surface area contributed by atoms with E-state index in [1.807, 2.05) is 37.3 Å². The van der Waals surface area contributed by atoms with E-state index in [1.165, 1.54) is 6.33 Å². The number of nitrogens with zero attached hydrogens (tertiary/aromatic N) is 2. The van der Waals surface area contributed by atoms with Crippen molar-refractivity contribution in [3.05, 3.63) is 58.9 Å². The molecule has 0 aliphatic rings. The van der Waals surface area contributed by atoms with Gasteiger partial charge in [0.1, 0.15) is 0 Å². The number of hydrogen-bond acceptors (Lipinski definition) is 3. The number of nitrogens with one attached hydrogen (secondary N) is 1. The third kappa shape index (κ3) is 1.78. The van der Waals surface area contributed by atoms with Crippen molar-refractivity contribution < 1.29 is 0 Å². The van der Waals surface area contributed by atoms with Crippen LogP contribution < -0.4 is 5.56 Å². The standard InChI is InChI=1S/C14H11N3O/c1-9-6-11(4-5-15-9)10-2-3-13-12(7-10)14(18)17-8-16-13/h2-8H,1H3,(H,16,17,18). The zero-order valence-electron chi connectivity index (χ0n) is 9.84. The molecule has 0 bridgehead atoms. The third-order valence-electron chi connectivity index (χ3n) is 2.87. The van der Waals surface area contributed by atoms with E-state index in [0.29, 0.717) is 10.9 Å². The Balaban J connectivity index is 2.25. The molecule has 0 atom stereocenters. The number of hydrogen-bond donors (Lipinski definition) is 1. The summed E-state index contributed by atoms with van der Waals surface area (Å²) < 4.78 is 0. The second-order valence-electron chi connectivity index (χ2n) is 4.15. The van der Waals surface area contributed by atoms with E-state index in [1.54, 1.807) is 6.20 Å². The Morgan fingerprint density at radius 1 is 1.06 bits per heavy atom. The van der Waals surface area contributed by atoms with Gasteiger partial charge in [0.15, 0.2) is 0 Å². The van der Waals surface area contributed by atoms with Gasteiger partial charge in [-0.1, -0.05) is 6.07 Å². The van der Waals surface area contributed by atoms with Crippen LogP contribution in [0.5, 0.6) is 0 Å². The van der Waals surface area contributed by atoms with Crippen molar-refractivity contribution >= 4 is 10.9 Å². The minimum absolute atomic E-state index is 0.118. The second kappa shape index (κ2) is 4.07. The van der Waals surface area contributed by atoms with Crippen LogP contribution in [0.2, 0.25) is 0 Å². The molecule has 0 unspecified atom stereocenters. The summed E-state index contributed by atoms with van der Waals surface area (Å²) in [5.74, 6) is 0. The molecule has 0 spiro atoms. The number of aromatic amines is 1. The average Bonchev–Trinajstić information content (AvgIpc) is 2.39. The van der Waals surface area contributed by atoms with Gasteiger partial charge in [-0.25, -0.2) is 4.98 Å². The van der Waals surface area contributed by atoms with Crippen molar-refractivity contribution in [1.29, 1.82) is 0 Å². The lowest BCUT2D eigenvalue weighted by molar-refractivity contribution is 1.17. The summed E-state index contributed by atoms with van der Waals surface area (Å²) in [5.41, 5.74) is 3.58. The molecular formula is C14H11N3O. The third-order valence-corrected chi connectivity index (χ3v) is 2.87. The molecule has 3 aromatic rings. The highest BCUT2D eigenvalue weighted by Gasteiger charge is 2.03. The van der Waals surface area contributed by atoms with Gasteiger partial charge in [-0.05, 0) is 42.3 Å². The minimum Gasteiger partial charge on any atom is -0.313 e. The molecule has 18 heavy (non-hydrogen) atoms. The van der Waals surface area contributed by atoms with Crippen LogP contribution in [0.1, 0.15) is 5.69 Å². The average molecular weight is 237 g/mol. The highest BCUT2D eigenvalue weighted by molar-refractivity contribution is 5.83. The number of aryl methyl sites for hydroxylation is 1. The van der Waals surface area contributed by atoms with E-state index in [0.717, 1.165) is 16.8 Å². The molecule has 0 radical (unpaired) electrons. The van der Waals surface area contributed by atoms with Crippen LogP contribution in [-0.2, 0) is 0 Å². The minimum atomic E-state index is -0.118. The molecule has 0 saturated heterocycles. The topological polar surface area (TPSA) is 58.6 Å². The summed E-state index contributed by atoms with van der Waals surface area (Å²) in [5, 5.41) is 0.601. The first-order valence-corrected chi connectivity index (χ1v) is 5.64. The highest BCUT2D eigenvalue weighted by atomic mass is 16.1. The number of benzene rings is 1. The Kier molecular flexibility index (Phi) is 2.41. The number of fused-ring (bicyclic) bond motifs is 1. The van der Waals surface area contributed by atoms with Gasteiger partial charge in [0, 0.05) is 11.9 Å². The van der Waals surface area contributed by atoms with E-state index in [9.17, 15) is 4.79 Å². The summed E-state index contributed by atoms with van der Waals surface area (Å²) >= 11 is 0. The van der Waals surface area contributed by atoms with Gasteiger partial charge >= 0.3 is 0 Å². The van der Waals surface area contributed by atoms with Gasteiger partial charge in [0.2, 0.25) is 0 Å². The van der Waals surface area contributed by atoms with Crippen molar-refractivity contribution in [3.8, 4) is 11.1 Å². The van der Waals surface area contributed by atoms with E-state index in [4.69, 9.17) is 0 Å². The van der Waals surface area contributed by atoms with E-state index in [-0.39, 0.29) is 5.56 Å². The maximum Gasteiger partial charge on any atom is 0.258 e. The van der Waals surface area contributed by atoms with Gasteiger partial charge in [-0.15, -0.1) is 0 Å². The molecule has 4 nitrogen and oxygen atoms in total. The number of pyridine rings is 1. The summed E-state index contributed by atoms with van der Waals surface area (Å²) in [6.45, 7) is 1.94. The molecule has 2 heterocycles. The van der Waals surface area contributed by atoms with Gasteiger partial charge in [-0.2, -0.15) is 0 Å². The van der Waals surface area contributed by atoms with Crippen LogP contribution in [0, 0.1) is 6.92 Å². The lowest BCUT2D eigenvalue weighted by Gasteiger charge is -2.03. The van der Waals surface area contributed by atoms with Crippen molar-refractivity contribution in [1.82, 2.24) is 15.0 Å². The Bertz CT molecular complexity index is 777. The van der Waals surface area contributed by atoms with E-state index < -0.39 is 0 Å². The van der Waals surface area contributed by atoms with Crippen LogP contribution in [0.15, 0.2) is 47.7 Å². The smallest absolute Gasteiger partial charge is 0.258 e. The lowest BCUT2D eigenvalue weighted by atomic mass is 10.0. The molecule has 4 heteroatoms. The molecular weight excluding hydrogens is 226 g/mol. The highest BCUT2D eigenvalue weighted by Crippen LogP contribution is 2.21. The van der Waals surface area contributed by atoms with Crippen LogP contribution >= 0.6 is 0 Å². The van der Waals surface area contributed by atoms with Crippen LogP contribution in [0.3, 0.4) is 0 Å². The largest absolute Gasteiger partial charge is 0.313 e. The Morgan fingerprint density at radius 2 is 1.89 bits per heavy atom. The van der Waals surface area contributed by atoms with Gasteiger partial charge < -0.3 is 4.98 Å². The Labute approximate surface area is 103 Å². The zero-order chi connectivity index (χ0) is 12.5. The van der Waals surface area contributed by atoms with Gasteiger partial charge in [0.25, 0.3) is 5.56 Å². The number of rotatable bonds is 1. The zero-order valence-corrected chi connectivity index (χ0v) is 9.84. The Morgan fingerprint density at radius 3 is 2.72 bits per heavy atom. The van der Waals surface area contributed by atoms with Crippen molar-refractivity contribution in [2.75, 3.05) is 0 Å². The number of aromatic nitrogens is 3. The normalized spacial score (nSPS) is 10.7. The summed E-state index contributed by atoms with van der Waals surface area (Å²) in [6, 6.07) is 9.60. The van der Waals surface area contributed by atoms with E-state index in [2.05, 4.69) is 15.0 Å². The van der Waals surface area contributed by atoms with Gasteiger partial charge in [-0.3, -0.25) is 9.78 Å². The molecule has 0 aliphatic heterocycles. The van der Waals surface area contributed by atoms with Crippen LogP contribution in [-0.4, -0.2) is 15.0 Å². The molecule has 0 saturated carbocycles.